The summed E-state index contributed by atoms with van der Waals surface area (Å²) in [5.41, 5.74) is 5.34. The average molecular weight is 709 g/mol. The van der Waals surface area contributed by atoms with E-state index in [0.29, 0.717) is 34.1 Å². The number of amides is 3. The molecule has 0 radical (unpaired) electrons. The highest BCUT2D eigenvalue weighted by atomic mass is 35.5. The van der Waals surface area contributed by atoms with Gasteiger partial charge in [-0.1, -0.05) is 43.5 Å². The molecule has 0 saturated carbocycles. The molecule has 51 heavy (non-hydrogen) atoms. The molecule has 0 unspecified atom stereocenters. The molecular weight excluding hydrogens is 672 g/mol. The number of carbonyl (C=O) groups is 3. The van der Waals surface area contributed by atoms with Crippen LogP contribution < -0.4 is 21.3 Å². The number of carbonyl (C=O) groups excluding carboxylic acids is 3. The predicted molar refractivity (Wildman–Crippen MR) is 194 cm³/mol. The van der Waals surface area contributed by atoms with Gasteiger partial charge < -0.3 is 20.7 Å². The minimum Gasteiger partial charge on any atom is -0.453 e. The Morgan fingerprint density at radius 2 is 1.90 bits per heavy atom. The molecule has 5 rings (SSSR count). The molecule has 3 amide bonds. The molecule has 5 aromatic rings. The monoisotopic (exact) mass is 708 g/mol. The zero-order chi connectivity index (χ0) is 36.0. The molecule has 0 bridgehead atoms. The highest BCUT2D eigenvalue weighted by Crippen LogP contribution is 2.32. The molecule has 0 saturated heterocycles. The first-order valence-corrected chi connectivity index (χ1v) is 16.6. The second-order valence-corrected chi connectivity index (χ2v) is 11.8. The van der Waals surface area contributed by atoms with Crippen LogP contribution in [0.1, 0.15) is 43.0 Å². The van der Waals surface area contributed by atoms with Crippen molar-refractivity contribution in [2.45, 2.75) is 45.3 Å². The molecule has 0 aliphatic heterocycles. The van der Waals surface area contributed by atoms with E-state index in [0.717, 1.165) is 35.2 Å². The van der Waals surface area contributed by atoms with Gasteiger partial charge in [-0.15, -0.1) is 5.10 Å². The fourth-order valence-electron chi connectivity index (χ4n) is 5.11. The number of anilines is 2. The standard InChI is InChI=1S/C36H37ClN10O4/c1-3-4-8-31(35(49)41-22-29-7-5-6-15-39-29)44-32-18-28(43-36(50)51-2)11-12-30(32)26-16-24(19-38-21-26)20-40-34(48)14-9-25-17-27(37)10-13-33(25)47-23-42-45-46-47/h5-7,9-19,21,23,31,44H,3-4,8,20,22H2,1-2H3,(H,40,48)(H,41,49)(H,43,50)/b14-9+/t31-/m1/s1. The van der Waals surface area contributed by atoms with Crippen LogP contribution in [0.5, 0.6) is 0 Å². The van der Waals surface area contributed by atoms with Crippen molar-refractivity contribution >= 4 is 47.0 Å². The van der Waals surface area contributed by atoms with Crippen molar-refractivity contribution in [1.29, 1.82) is 0 Å². The van der Waals surface area contributed by atoms with Gasteiger partial charge in [0.1, 0.15) is 12.4 Å². The maximum atomic E-state index is 13.5. The Balaban J connectivity index is 1.34. The SMILES string of the molecule is CCCC[C@@H](Nc1cc(NC(=O)OC)ccc1-c1cncc(CNC(=O)/C=C/c2cc(Cl)ccc2-n2cnnn2)c1)C(=O)NCc1ccccn1. The van der Waals surface area contributed by atoms with Gasteiger partial charge in [0.15, 0.2) is 0 Å². The molecule has 262 valence electrons. The lowest BCUT2D eigenvalue weighted by atomic mass is 10.0. The van der Waals surface area contributed by atoms with Crippen molar-refractivity contribution in [2.75, 3.05) is 17.7 Å². The van der Waals surface area contributed by atoms with Gasteiger partial charge in [0.2, 0.25) is 11.8 Å². The third kappa shape index (κ3) is 10.4. The van der Waals surface area contributed by atoms with Crippen molar-refractivity contribution in [2.24, 2.45) is 0 Å². The van der Waals surface area contributed by atoms with Crippen LogP contribution in [-0.2, 0) is 27.4 Å². The Labute approximate surface area is 299 Å². The van der Waals surface area contributed by atoms with Gasteiger partial charge >= 0.3 is 6.09 Å². The number of halogens is 1. The molecule has 1 atom stereocenters. The van der Waals surface area contributed by atoms with Crippen LogP contribution in [0.2, 0.25) is 5.02 Å². The summed E-state index contributed by atoms with van der Waals surface area (Å²) in [7, 11) is 1.28. The Bertz CT molecular complexity index is 1970. The highest BCUT2D eigenvalue weighted by Gasteiger charge is 2.20. The van der Waals surface area contributed by atoms with E-state index in [1.54, 1.807) is 55.0 Å². The molecule has 2 aromatic carbocycles. The molecule has 4 N–H and O–H groups in total. The predicted octanol–water partition coefficient (Wildman–Crippen LogP) is 5.57. The van der Waals surface area contributed by atoms with Crippen molar-refractivity contribution in [3.05, 3.63) is 114 Å². The van der Waals surface area contributed by atoms with E-state index >= 15 is 0 Å². The number of benzene rings is 2. The second-order valence-electron chi connectivity index (χ2n) is 11.3. The second kappa shape index (κ2) is 18.0. The summed E-state index contributed by atoms with van der Waals surface area (Å²) in [6.07, 6.45) is 11.2. The number of methoxy groups -OCH3 is 1. The third-order valence-corrected chi connectivity index (χ3v) is 7.92. The minimum absolute atomic E-state index is 0.183. The first kappa shape index (κ1) is 36.1. The first-order chi connectivity index (χ1) is 24.8. The van der Waals surface area contributed by atoms with Gasteiger partial charge in [0.25, 0.3) is 0 Å². The lowest BCUT2D eigenvalue weighted by Gasteiger charge is -2.22. The van der Waals surface area contributed by atoms with E-state index in [1.165, 1.54) is 24.2 Å². The Hall–Kier alpha value is -6.15. The third-order valence-electron chi connectivity index (χ3n) is 7.69. The number of tetrazole rings is 1. The summed E-state index contributed by atoms with van der Waals surface area (Å²) in [5.74, 6) is -0.518. The van der Waals surface area contributed by atoms with Crippen molar-refractivity contribution in [3.63, 3.8) is 0 Å². The molecule has 0 spiro atoms. The van der Waals surface area contributed by atoms with Gasteiger partial charge in [-0.2, -0.15) is 4.68 Å². The molecular formula is C36H37ClN10O4. The smallest absolute Gasteiger partial charge is 0.411 e. The maximum absolute atomic E-state index is 13.5. The minimum atomic E-state index is -0.625. The van der Waals surface area contributed by atoms with Gasteiger partial charge in [0.05, 0.1) is 25.0 Å². The molecule has 0 fully saturated rings. The molecule has 15 heteroatoms. The number of unbranched alkanes of at least 4 members (excludes halogenated alkanes) is 1. The number of nitrogens with one attached hydrogen (secondary N) is 4. The lowest BCUT2D eigenvalue weighted by molar-refractivity contribution is -0.122. The summed E-state index contributed by atoms with van der Waals surface area (Å²) in [5, 5.41) is 23.7. The maximum Gasteiger partial charge on any atom is 0.411 e. The largest absolute Gasteiger partial charge is 0.453 e. The number of ether oxygens (including phenoxy) is 1. The van der Waals surface area contributed by atoms with Crippen LogP contribution in [0, 0.1) is 0 Å². The number of nitrogens with zero attached hydrogens (tertiary/aromatic N) is 6. The van der Waals surface area contributed by atoms with Crippen molar-refractivity contribution in [3.8, 4) is 16.8 Å². The molecule has 0 aliphatic rings. The Kier molecular flexibility index (Phi) is 12.8. The Morgan fingerprint density at radius 3 is 2.67 bits per heavy atom. The first-order valence-electron chi connectivity index (χ1n) is 16.2. The number of hydrogen-bond acceptors (Lipinski definition) is 10. The zero-order valence-corrected chi connectivity index (χ0v) is 28.8. The summed E-state index contributed by atoms with van der Waals surface area (Å²) in [6.45, 7) is 2.54. The fourth-order valence-corrected chi connectivity index (χ4v) is 5.30. The van der Waals surface area contributed by atoms with E-state index in [1.807, 2.05) is 30.3 Å². The van der Waals surface area contributed by atoms with Crippen LogP contribution >= 0.6 is 11.6 Å². The summed E-state index contributed by atoms with van der Waals surface area (Å²) in [4.78, 5) is 47.1. The van der Waals surface area contributed by atoms with Crippen molar-refractivity contribution < 1.29 is 19.1 Å². The number of pyridine rings is 2. The van der Waals surface area contributed by atoms with Crippen LogP contribution in [0.4, 0.5) is 16.2 Å². The van der Waals surface area contributed by atoms with E-state index < -0.39 is 12.1 Å². The van der Waals surface area contributed by atoms with Crippen LogP contribution in [0.25, 0.3) is 22.9 Å². The summed E-state index contributed by atoms with van der Waals surface area (Å²) in [6, 6.07) is 17.3. The van der Waals surface area contributed by atoms with Gasteiger partial charge in [0, 0.05) is 64.3 Å². The number of rotatable bonds is 15. The molecule has 14 nitrogen and oxygen atoms in total. The van der Waals surface area contributed by atoms with E-state index in [-0.39, 0.29) is 24.9 Å². The topological polar surface area (TPSA) is 178 Å². The van der Waals surface area contributed by atoms with E-state index in [2.05, 4.69) is 53.7 Å². The molecule has 0 aliphatic carbocycles. The molecule has 3 heterocycles. The highest BCUT2D eigenvalue weighted by molar-refractivity contribution is 6.30. The van der Waals surface area contributed by atoms with E-state index in [9.17, 15) is 14.4 Å². The van der Waals surface area contributed by atoms with Gasteiger partial charge in [-0.05, 0) is 77.0 Å². The van der Waals surface area contributed by atoms with Gasteiger partial charge in [-0.3, -0.25) is 24.9 Å². The lowest BCUT2D eigenvalue weighted by Crippen LogP contribution is -2.39. The quantitative estimate of drug-likeness (QED) is 0.101. The van der Waals surface area contributed by atoms with Crippen LogP contribution in [-0.4, -0.2) is 61.2 Å². The van der Waals surface area contributed by atoms with Crippen LogP contribution in [0.3, 0.4) is 0 Å². The normalized spacial score (nSPS) is 11.5. The summed E-state index contributed by atoms with van der Waals surface area (Å²) < 4.78 is 6.26. The zero-order valence-electron chi connectivity index (χ0n) is 28.0. The number of hydrogen-bond donors (Lipinski definition) is 4. The van der Waals surface area contributed by atoms with Gasteiger partial charge in [-0.25, -0.2) is 4.79 Å². The Morgan fingerprint density at radius 1 is 1.02 bits per heavy atom. The van der Waals surface area contributed by atoms with E-state index in [4.69, 9.17) is 16.3 Å². The molecule has 3 aromatic heterocycles. The van der Waals surface area contributed by atoms with Crippen molar-refractivity contribution in [1.82, 2.24) is 40.8 Å². The average Bonchev–Trinajstić information content (AvgIpc) is 3.69. The fraction of sp³-hybridized carbons (Fsp3) is 0.222. The summed E-state index contributed by atoms with van der Waals surface area (Å²) >= 11 is 6.20. The van der Waals surface area contributed by atoms with Crippen LogP contribution in [0.15, 0.2) is 91.7 Å². The number of aromatic nitrogens is 6.